The number of halogens is 1. The van der Waals surface area contributed by atoms with Crippen LogP contribution in [0.25, 0.3) is 0 Å². The molecule has 0 aliphatic heterocycles. The van der Waals surface area contributed by atoms with Crippen molar-refractivity contribution in [2.45, 2.75) is 35.5 Å². The summed E-state index contributed by atoms with van der Waals surface area (Å²) in [5.41, 5.74) is 1.22. The zero-order valence-corrected chi connectivity index (χ0v) is 11.3. The van der Waals surface area contributed by atoms with Gasteiger partial charge >= 0.3 is 0 Å². The summed E-state index contributed by atoms with van der Waals surface area (Å²) < 4.78 is 0. The molecule has 1 aromatic carbocycles. The van der Waals surface area contributed by atoms with E-state index in [4.69, 9.17) is 11.6 Å². The number of aromatic amines is 1. The van der Waals surface area contributed by atoms with Gasteiger partial charge < -0.3 is 5.32 Å². The molecular weight excluding hydrogens is 268 g/mol. The lowest BCUT2D eigenvalue weighted by Gasteiger charge is -2.06. The highest BCUT2D eigenvalue weighted by molar-refractivity contribution is 7.99. The molecule has 1 heterocycles. The normalized spacial score (nSPS) is 14.9. The van der Waals surface area contributed by atoms with Gasteiger partial charge in [-0.1, -0.05) is 17.7 Å². The molecule has 0 atom stereocenters. The Balaban J connectivity index is 1.67. The van der Waals surface area contributed by atoms with E-state index < -0.39 is 0 Å². The maximum absolute atomic E-state index is 6.27. The van der Waals surface area contributed by atoms with E-state index in [0.29, 0.717) is 6.04 Å². The summed E-state index contributed by atoms with van der Waals surface area (Å²) in [4.78, 5) is 5.06. The highest BCUT2D eigenvalue weighted by Crippen LogP contribution is 2.31. The maximum atomic E-state index is 6.27. The summed E-state index contributed by atoms with van der Waals surface area (Å²) >= 11 is 7.75. The number of hydrogen-bond donors (Lipinski definition) is 2. The van der Waals surface area contributed by atoms with Crippen LogP contribution in [-0.4, -0.2) is 21.2 Å². The van der Waals surface area contributed by atoms with Crippen LogP contribution in [0.2, 0.25) is 5.02 Å². The van der Waals surface area contributed by atoms with Gasteiger partial charge in [-0.15, -0.1) is 0 Å². The molecule has 2 N–H and O–H groups in total. The smallest absolute Gasteiger partial charge is 0.188 e. The maximum Gasteiger partial charge on any atom is 0.188 e. The standard InChI is InChI=1S/C12H13ClN4S/c13-10-5-8(6-14-9-2-3-9)1-4-11(10)18-12-15-7-16-17-12/h1,4-5,7,9,14H,2-3,6H2,(H,15,16,17). The molecule has 0 radical (unpaired) electrons. The minimum Gasteiger partial charge on any atom is -0.310 e. The molecule has 0 spiro atoms. The van der Waals surface area contributed by atoms with Gasteiger partial charge in [0, 0.05) is 17.5 Å². The largest absolute Gasteiger partial charge is 0.310 e. The molecule has 0 amide bonds. The van der Waals surface area contributed by atoms with E-state index in [1.807, 2.05) is 12.1 Å². The van der Waals surface area contributed by atoms with Crippen LogP contribution in [0.3, 0.4) is 0 Å². The van der Waals surface area contributed by atoms with Crippen LogP contribution in [0.1, 0.15) is 18.4 Å². The fourth-order valence-electron chi connectivity index (χ4n) is 1.63. The zero-order chi connectivity index (χ0) is 12.4. The van der Waals surface area contributed by atoms with Gasteiger partial charge in [0.15, 0.2) is 5.16 Å². The van der Waals surface area contributed by atoms with Crippen LogP contribution < -0.4 is 5.32 Å². The van der Waals surface area contributed by atoms with Crippen LogP contribution in [0.5, 0.6) is 0 Å². The predicted molar refractivity (Wildman–Crippen MR) is 71.8 cm³/mol. The molecule has 1 saturated carbocycles. The number of rotatable bonds is 5. The molecule has 0 bridgehead atoms. The highest BCUT2D eigenvalue weighted by atomic mass is 35.5. The van der Waals surface area contributed by atoms with Gasteiger partial charge in [0.1, 0.15) is 6.33 Å². The molecule has 1 aromatic heterocycles. The fraction of sp³-hybridized carbons (Fsp3) is 0.333. The van der Waals surface area contributed by atoms with Crippen molar-refractivity contribution in [3.8, 4) is 0 Å². The van der Waals surface area contributed by atoms with Crippen LogP contribution >= 0.6 is 23.4 Å². The van der Waals surface area contributed by atoms with Gasteiger partial charge in [-0.3, -0.25) is 5.10 Å². The van der Waals surface area contributed by atoms with Gasteiger partial charge in [0.2, 0.25) is 0 Å². The van der Waals surface area contributed by atoms with Crippen molar-refractivity contribution in [1.29, 1.82) is 0 Å². The van der Waals surface area contributed by atoms with E-state index in [2.05, 4.69) is 26.6 Å². The summed E-state index contributed by atoms with van der Waals surface area (Å²) in [5, 5.41) is 11.6. The minimum atomic E-state index is 0.715. The van der Waals surface area contributed by atoms with Crippen molar-refractivity contribution in [3.05, 3.63) is 35.1 Å². The molecule has 4 nitrogen and oxygen atoms in total. The molecule has 0 unspecified atom stereocenters. The lowest BCUT2D eigenvalue weighted by Crippen LogP contribution is -2.15. The Morgan fingerprint density at radius 2 is 2.33 bits per heavy atom. The molecule has 1 aliphatic rings. The first kappa shape index (κ1) is 12.0. The van der Waals surface area contributed by atoms with E-state index in [9.17, 15) is 0 Å². The van der Waals surface area contributed by atoms with Gasteiger partial charge in [0.05, 0.1) is 5.02 Å². The first-order valence-corrected chi connectivity index (χ1v) is 7.06. The number of H-pyrrole nitrogens is 1. The molecule has 18 heavy (non-hydrogen) atoms. The molecule has 6 heteroatoms. The number of benzene rings is 1. The first-order valence-electron chi connectivity index (χ1n) is 5.86. The predicted octanol–water partition coefficient (Wildman–Crippen LogP) is 2.86. The second-order valence-corrected chi connectivity index (χ2v) is 5.75. The van der Waals surface area contributed by atoms with Crippen LogP contribution in [0.15, 0.2) is 34.6 Å². The third-order valence-corrected chi connectivity index (χ3v) is 4.16. The van der Waals surface area contributed by atoms with Gasteiger partial charge in [-0.2, -0.15) is 5.10 Å². The number of hydrogen-bond acceptors (Lipinski definition) is 4. The molecule has 94 valence electrons. The van der Waals surface area contributed by atoms with Crippen molar-refractivity contribution < 1.29 is 0 Å². The van der Waals surface area contributed by atoms with E-state index in [-0.39, 0.29) is 0 Å². The van der Waals surface area contributed by atoms with E-state index in [0.717, 1.165) is 21.6 Å². The van der Waals surface area contributed by atoms with E-state index in [1.165, 1.54) is 36.5 Å². The Hall–Kier alpha value is -1.04. The van der Waals surface area contributed by atoms with E-state index >= 15 is 0 Å². The summed E-state index contributed by atoms with van der Waals surface area (Å²) in [6, 6.07) is 6.85. The average molecular weight is 281 g/mol. The Morgan fingerprint density at radius 1 is 1.44 bits per heavy atom. The molecule has 1 aliphatic carbocycles. The van der Waals surface area contributed by atoms with Crippen molar-refractivity contribution in [1.82, 2.24) is 20.5 Å². The average Bonchev–Trinajstić information content (AvgIpc) is 3.06. The molecule has 1 fully saturated rings. The van der Waals surface area contributed by atoms with Crippen LogP contribution in [0.4, 0.5) is 0 Å². The third-order valence-electron chi connectivity index (χ3n) is 2.77. The summed E-state index contributed by atoms with van der Waals surface area (Å²) in [6.45, 7) is 0.887. The topological polar surface area (TPSA) is 53.6 Å². The summed E-state index contributed by atoms with van der Waals surface area (Å²) in [6.07, 6.45) is 4.09. The van der Waals surface area contributed by atoms with Crippen molar-refractivity contribution in [2.24, 2.45) is 0 Å². The second kappa shape index (κ2) is 5.30. The van der Waals surface area contributed by atoms with Gasteiger partial charge in [-0.05, 0) is 42.3 Å². The molecular formula is C12H13ClN4S. The Labute approximate surface area is 115 Å². The van der Waals surface area contributed by atoms with E-state index in [1.54, 1.807) is 0 Å². The summed E-state index contributed by atoms with van der Waals surface area (Å²) in [7, 11) is 0. The monoisotopic (exact) mass is 280 g/mol. The van der Waals surface area contributed by atoms with Crippen LogP contribution in [-0.2, 0) is 6.54 Å². The highest BCUT2D eigenvalue weighted by Gasteiger charge is 2.20. The Kier molecular flexibility index (Phi) is 3.54. The number of aromatic nitrogens is 3. The molecule has 2 aromatic rings. The lowest BCUT2D eigenvalue weighted by molar-refractivity contribution is 0.687. The Bertz CT molecular complexity index is 525. The van der Waals surface area contributed by atoms with Crippen molar-refractivity contribution in [3.63, 3.8) is 0 Å². The van der Waals surface area contributed by atoms with Crippen molar-refractivity contribution in [2.75, 3.05) is 0 Å². The Morgan fingerprint density at radius 3 is 3.00 bits per heavy atom. The lowest BCUT2D eigenvalue weighted by atomic mass is 10.2. The van der Waals surface area contributed by atoms with Crippen LogP contribution in [0, 0.1) is 0 Å². The zero-order valence-electron chi connectivity index (χ0n) is 9.69. The van der Waals surface area contributed by atoms with Gasteiger partial charge in [-0.25, -0.2) is 4.98 Å². The SMILES string of the molecule is Clc1cc(CNC2CC2)ccc1Sc1ncn[nH]1. The van der Waals surface area contributed by atoms with Crippen molar-refractivity contribution >= 4 is 23.4 Å². The second-order valence-electron chi connectivity index (χ2n) is 4.31. The van der Waals surface area contributed by atoms with Gasteiger partial charge in [0.25, 0.3) is 0 Å². The molecule has 0 saturated heterocycles. The minimum absolute atomic E-state index is 0.715. The number of nitrogens with one attached hydrogen (secondary N) is 2. The first-order chi connectivity index (χ1) is 8.81. The molecule has 3 rings (SSSR count). The quantitative estimate of drug-likeness (QED) is 0.884. The fourth-order valence-corrected chi connectivity index (χ4v) is 2.65. The third kappa shape index (κ3) is 3.04. The number of nitrogens with zero attached hydrogens (tertiary/aromatic N) is 2. The summed E-state index contributed by atoms with van der Waals surface area (Å²) in [5.74, 6) is 0.